The summed E-state index contributed by atoms with van der Waals surface area (Å²) in [5.41, 5.74) is -0.0979. The van der Waals surface area contributed by atoms with Crippen molar-refractivity contribution in [3.05, 3.63) is 11.1 Å². The zero-order chi connectivity index (χ0) is 14.5. The van der Waals surface area contributed by atoms with E-state index >= 15 is 0 Å². The standard InChI is InChI=1S/C14H21BrO4/c1-4-5-6-7-8-14(2)11(13(17)18-3)10(9-15)12(16)19-14/h4-9H2,1-3H3. The lowest BCUT2D eigenvalue weighted by atomic mass is 9.88. The van der Waals surface area contributed by atoms with Crippen LogP contribution in [0.5, 0.6) is 0 Å². The lowest BCUT2D eigenvalue weighted by molar-refractivity contribution is -0.148. The summed E-state index contributed by atoms with van der Waals surface area (Å²) in [5.74, 6) is -0.895. The van der Waals surface area contributed by atoms with Gasteiger partial charge in [0.1, 0.15) is 5.60 Å². The van der Waals surface area contributed by atoms with Crippen molar-refractivity contribution >= 4 is 27.9 Å². The van der Waals surface area contributed by atoms with E-state index in [1.807, 2.05) is 0 Å². The number of unbranched alkanes of at least 4 members (excludes halogenated alkanes) is 3. The predicted octanol–water partition coefficient (Wildman–Crippen LogP) is 3.14. The molecule has 0 fully saturated rings. The van der Waals surface area contributed by atoms with Crippen LogP contribution in [0, 0.1) is 0 Å². The number of hydrogen-bond donors (Lipinski definition) is 0. The SMILES string of the molecule is CCCCCCC1(C)OC(=O)C(CBr)=C1C(=O)OC. The zero-order valence-corrected chi connectivity index (χ0v) is 13.3. The van der Waals surface area contributed by atoms with Crippen LogP contribution in [0.1, 0.15) is 46.0 Å². The van der Waals surface area contributed by atoms with Gasteiger partial charge in [-0.15, -0.1) is 0 Å². The monoisotopic (exact) mass is 332 g/mol. The second-order valence-electron chi connectivity index (χ2n) is 4.91. The summed E-state index contributed by atoms with van der Waals surface area (Å²) in [6.45, 7) is 3.93. The normalized spacial score (nSPS) is 22.6. The molecular weight excluding hydrogens is 312 g/mol. The van der Waals surface area contributed by atoms with E-state index in [4.69, 9.17) is 9.47 Å². The maximum Gasteiger partial charge on any atom is 0.338 e. The third-order valence-corrected chi connectivity index (χ3v) is 3.99. The molecule has 0 N–H and O–H groups in total. The van der Waals surface area contributed by atoms with E-state index < -0.39 is 17.5 Å². The van der Waals surface area contributed by atoms with Crippen LogP contribution in [0.4, 0.5) is 0 Å². The lowest BCUT2D eigenvalue weighted by Gasteiger charge is -2.25. The summed E-state index contributed by atoms with van der Waals surface area (Å²) in [6, 6.07) is 0. The fraction of sp³-hybridized carbons (Fsp3) is 0.714. The van der Waals surface area contributed by atoms with Gasteiger partial charge in [0.25, 0.3) is 0 Å². The highest BCUT2D eigenvalue weighted by Gasteiger charge is 2.47. The molecule has 0 aromatic carbocycles. The summed E-state index contributed by atoms with van der Waals surface area (Å²) in [4.78, 5) is 23.7. The molecule has 1 unspecified atom stereocenters. The fourth-order valence-electron chi connectivity index (χ4n) is 2.37. The van der Waals surface area contributed by atoms with Gasteiger partial charge in [0.2, 0.25) is 0 Å². The topological polar surface area (TPSA) is 52.6 Å². The first-order valence-corrected chi connectivity index (χ1v) is 7.73. The number of alkyl halides is 1. The summed E-state index contributed by atoms with van der Waals surface area (Å²) in [7, 11) is 1.32. The predicted molar refractivity (Wildman–Crippen MR) is 76.1 cm³/mol. The molecule has 1 heterocycles. The summed E-state index contributed by atoms with van der Waals surface area (Å²) in [5, 5.41) is 0.306. The Morgan fingerprint density at radius 1 is 1.37 bits per heavy atom. The molecule has 0 radical (unpaired) electrons. The van der Waals surface area contributed by atoms with Gasteiger partial charge in [0.05, 0.1) is 18.3 Å². The van der Waals surface area contributed by atoms with Gasteiger partial charge in [0, 0.05) is 5.33 Å². The fourth-order valence-corrected chi connectivity index (χ4v) is 2.88. The molecular formula is C14H21BrO4. The highest BCUT2D eigenvalue weighted by atomic mass is 79.9. The largest absolute Gasteiger partial charge is 0.466 e. The molecule has 108 valence electrons. The Bertz CT molecular complexity index is 389. The Morgan fingerprint density at radius 3 is 2.58 bits per heavy atom. The number of ether oxygens (including phenoxy) is 2. The van der Waals surface area contributed by atoms with E-state index in [1.165, 1.54) is 7.11 Å². The maximum absolute atomic E-state index is 11.9. The average Bonchev–Trinajstić information content (AvgIpc) is 2.64. The number of carbonyl (C=O) groups excluding carboxylic acids is 2. The van der Waals surface area contributed by atoms with Crippen LogP contribution in [0.3, 0.4) is 0 Å². The second-order valence-corrected chi connectivity index (χ2v) is 5.47. The van der Waals surface area contributed by atoms with Gasteiger partial charge >= 0.3 is 11.9 Å². The Hall–Kier alpha value is -0.840. The quantitative estimate of drug-likeness (QED) is 0.408. The maximum atomic E-state index is 11.9. The molecule has 0 saturated carbocycles. The number of rotatable bonds is 7. The first-order valence-electron chi connectivity index (χ1n) is 6.61. The molecule has 1 atom stereocenters. The van der Waals surface area contributed by atoms with E-state index in [2.05, 4.69) is 22.9 Å². The van der Waals surface area contributed by atoms with Gasteiger partial charge in [-0.25, -0.2) is 9.59 Å². The molecule has 1 aliphatic rings. The van der Waals surface area contributed by atoms with Crippen molar-refractivity contribution in [2.24, 2.45) is 0 Å². The van der Waals surface area contributed by atoms with E-state index in [-0.39, 0.29) is 0 Å². The number of halogens is 1. The molecule has 5 heteroatoms. The zero-order valence-electron chi connectivity index (χ0n) is 11.8. The van der Waals surface area contributed by atoms with Crippen molar-refractivity contribution in [1.29, 1.82) is 0 Å². The number of cyclic esters (lactones) is 1. The molecule has 0 aromatic rings. The summed E-state index contributed by atoms with van der Waals surface area (Å²) < 4.78 is 10.2. The van der Waals surface area contributed by atoms with Crippen LogP contribution in [-0.2, 0) is 19.1 Å². The van der Waals surface area contributed by atoms with Crippen LogP contribution in [-0.4, -0.2) is 30.0 Å². The minimum absolute atomic E-state index is 0.306. The molecule has 1 aliphatic heterocycles. The average molecular weight is 333 g/mol. The lowest BCUT2D eigenvalue weighted by Crippen LogP contribution is -2.32. The van der Waals surface area contributed by atoms with E-state index in [0.717, 1.165) is 25.7 Å². The number of esters is 2. The van der Waals surface area contributed by atoms with Crippen LogP contribution in [0.2, 0.25) is 0 Å². The number of carbonyl (C=O) groups is 2. The van der Waals surface area contributed by atoms with Crippen molar-refractivity contribution in [2.75, 3.05) is 12.4 Å². The summed E-state index contributed by atoms with van der Waals surface area (Å²) in [6.07, 6.45) is 4.94. The van der Waals surface area contributed by atoms with Gasteiger partial charge in [-0.1, -0.05) is 42.1 Å². The van der Waals surface area contributed by atoms with Crippen LogP contribution < -0.4 is 0 Å². The third-order valence-electron chi connectivity index (χ3n) is 3.43. The van der Waals surface area contributed by atoms with Gasteiger partial charge in [0.15, 0.2) is 0 Å². The molecule has 0 aliphatic carbocycles. The van der Waals surface area contributed by atoms with Gasteiger partial charge in [-0.2, -0.15) is 0 Å². The Morgan fingerprint density at radius 2 is 2.05 bits per heavy atom. The van der Waals surface area contributed by atoms with Gasteiger partial charge in [-0.3, -0.25) is 0 Å². The molecule has 4 nitrogen and oxygen atoms in total. The van der Waals surface area contributed by atoms with E-state index in [1.54, 1.807) is 6.92 Å². The van der Waals surface area contributed by atoms with Crippen LogP contribution in [0.25, 0.3) is 0 Å². The highest BCUT2D eigenvalue weighted by Crippen LogP contribution is 2.38. The van der Waals surface area contributed by atoms with Crippen molar-refractivity contribution in [3.8, 4) is 0 Å². The Labute approximate surface area is 122 Å². The second kappa shape index (κ2) is 7.08. The summed E-state index contributed by atoms with van der Waals surface area (Å²) >= 11 is 3.23. The minimum Gasteiger partial charge on any atom is -0.466 e. The molecule has 19 heavy (non-hydrogen) atoms. The molecule has 0 saturated heterocycles. The molecule has 0 amide bonds. The minimum atomic E-state index is -0.846. The first-order chi connectivity index (χ1) is 9.00. The molecule has 0 spiro atoms. The number of hydrogen-bond acceptors (Lipinski definition) is 4. The third kappa shape index (κ3) is 3.59. The number of methoxy groups -OCH3 is 1. The van der Waals surface area contributed by atoms with Crippen molar-refractivity contribution < 1.29 is 19.1 Å². The van der Waals surface area contributed by atoms with E-state index in [0.29, 0.717) is 22.9 Å². The Kier molecular flexibility index (Phi) is 6.04. The van der Waals surface area contributed by atoms with Crippen molar-refractivity contribution in [2.45, 2.75) is 51.6 Å². The first kappa shape index (κ1) is 16.2. The highest BCUT2D eigenvalue weighted by molar-refractivity contribution is 9.09. The molecule has 0 bridgehead atoms. The van der Waals surface area contributed by atoms with Gasteiger partial charge in [-0.05, 0) is 19.8 Å². The van der Waals surface area contributed by atoms with Crippen molar-refractivity contribution in [1.82, 2.24) is 0 Å². The van der Waals surface area contributed by atoms with E-state index in [9.17, 15) is 9.59 Å². The molecule has 1 rings (SSSR count). The van der Waals surface area contributed by atoms with Crippen LogP contribution >= 0.6 is 15.9 Å². The van der Waals surface area contributed by atoms with Crippen LogP contribution in [0.15, 0.2) is 11.1 Å². The van der Waals surface area contributed by atoms with Gasteiger partial charge < -0.3 is 9.47 Å². The molecule has 0 aromatic heterocycles. The smallest absolute Gasteiger partial charge is 0.338 e. The Balaban J connectivity index is 2.89. The van der Waals surface area contributed by atoms with Crippen molar-refractivity contribution in [3.63, 3.8) is 0 Å².